The van der Waals surface area contributed by atoms with Gasteiger partial charge in [-0.3, -0.25) is 4.90 Å². The Morgan fingerprint density at radius 2 is 1.35 bits per heavy atom. The molecule has 196 valence electrons. The molecule has 2 aliphatic rings. The molecule has 40 heavy (non-hydrogen) atoms. The SMILES string of the molecule is COc1ccc(C23CC(c4ccccc4)Nc4ccccc4N2C(c2ccccc2)=NN3c2ccccc2)cc1. The lowest BCUT2D eigenvalue weighted by molar-refractivity contribution is 0.386. The van der Waals surface area contributed by atoms with Gasteiger partial charge in [0, 0.05) is 17.5 Å². The number of para-hydroxylation sites is 3. The summed E-state index contributed by atoms with van der Waals surface area (Å²) < 4.78 is 5.57. The molecule has 2 atom stereocenters. The van der Waals surface area contributed by atoms with Crippen molar-refractivity contribution in [2.45, 2.75) is 18.1 Å². The van der Waals surface area contributed by atoms with Crippen LogP contribution in [0.3, 0.4) is 0 Å². The topological polar surface area (TPSA) is 40.1 Å². The Morgan fingerprint density at radius 1 is 0.725 bits per heavy atom. The molecule has 0 aromatic heterocycles. The number of ether oxygens (including phenoxy) is 1. The number of nitrogens with one attached hydrogen (secondary N) is 1. The molecule has 0 saturated heterocycles. The number of rotatable bonds is 5. The smallest absolute Gasteiger partial charge is 0.168 e. The van der Waals surface area contributed by atoms with E-state index < -0.39 is 5.66 Å². The zero-order valence-corrected chi connectivity index (χ0v) is 22.3. The van der Waals surface area contributed by atoms with Crippen molar-refractivity contribution in [1.82, 2.24) is 0 Å². The molecule has 2 heterocycles. The van der Waals surface area contributed by atoms with E-state index in [2.05, 4.69) is 137 Å². The lowest BCUT2D eigenvalue weighted by Gasteiger charge is -2.45. The van der Waals surface area contributed by atoms with Crippen molar-refractivity contribution in [3.63, 3.8) is 0 Å². The summed E-state index contributed by atoms with van der Waals surface area (Å²) in [7, 11) is 1.71. The Kier molecular flexibility index (Phi) is 5.97. The maximum atomic E-state index is 5.57. The second-order valence-corrected chi connectivity index (χ2v) is 10.1. The van der Waals surface area contributed by atoms with Crippen molar-refractivity contribution in [3.8, 4) is 5.75 Å². The number of hydrogen-bond acceptors (Lipinski definition) is 5. The number of nitrogens with zero attached hydrogens (tertiary/aromatic N) is 3. The van der Waals surface area contributed by atoms with Crippen LogP contribution in [0.25, 0.3) is 0 Å². The minimum atomic E-state index is -0.682. The highest BCUT2D eigenvalue weighted by atomic mass is 16.5. The Bertz CT molecular complexity index is 1640. The number of anilines is 3. The van der Waals surface area contributed by atoms with Gasteiger partial charge in [0.15, 0.2) is 11.5 Å². The molecule has 5 heteroatoms. The van der Waals surface area contributed by atoms with Gasteiger partial charge in [0.05, 0.1) is 30.2 Å². The fraction of sp³-hybridized carbons (Fsp3) is 0.114. The lowest BCUT2D eigenvalue weighted by atomic mass is 9.86. The maximum Gasteiger partial charge on any atom is 0.168 e. The molecule has 0 saturated carbocycles. The van der Waals surface area contributed by atoms with Crippen LogP contribution in [-0.2, 0) is 5.66 Å². The van der Waals surface area contributed by atoms with Crippen LogP contribution in [0.5, 0.6) is 5.75 Å². The summed E-state index contributed by atoms with van der Waals surface area (Å²) >= 11 is 0. The monoisotopic (exact) mass is 522 g/mol. The number of amidine groups is 1. The average Bonchev–Trinajstić information content (AvgIpc) is 3.29. The van der Waals surface area contributed by atoms with Crippen LogP contribution < -0.4 is 20.0 Å². The molecule has 5 aromatic rings. The third kappa shape index (κ3) is 3.90. The standard InChI is InChI=1S/C35H30N4O/c1-40-30-23-21-28(22-24-30)35-25-32(26-13-5-2-6-14-26)36-31-19-11-12-20-33(31)38(35)34(27-15-7-3-8-16-27)37-39(35)29-17-9-4-10-18-29/h2-24,32,36H,25H2,1H3. The van der Waals surface area contributed by atoms with Gasteiger partial charge in [0.25, 0.3) is 0 Å². The maximum absolute atomic E-state index is 5.57. The molecule has 5 aromatic carbocycles. The second-order valence-electron chi connectivity index (χ2n) is 10.1. The summed E-state index contributed by atoms with van der Waals surface area (Å²) in [6.45, 7) is 0. The first-order valence-electron chi connectivity index (χ1n) is 13.6. The quantitative estimate of drug-likeness (QED) is 0.256. The molecule has 0 bridgehead atoms. The van der Waals surface area contributed by atoms with Crippen LogP contribution in [0.1, 0.15) is 29.2 Å². The first-order valence-corrected chi connectivity index (χ1v) is 13.6. The normalized spacial score (nSPS) is 19.6. The van der Waals surface area contributed by atoms with Crippen molar-refractivity contribution < 1.29 is 4.74 Å². The highest BCUT2D eigenvalue weighted by Crippen LogP contribution is 2.53. The first kappa shape index (κ1) is 24.0. The van der Waals surface area contributed by atoms with Crippen molar-refractivity contribution in [3.05, 3.63) is 156 Å². The largest absolute Gasteiger partial charge is 0.497 e. The van der Waals surface area contributed by atoms with Gasteiger partial charge in [0.1, 0.15) is 5.75 Å². The summed E-state index contributed by atoms with van der Waals surface area (Å²) in [5.41, 5.74) is 5.92. The summed E-state index contributed by atoms with van der Waals surface area (Å²) in [5.74, 6) is 1.73. The van der Waals surface area contributed by atoms with Gasteiger partial charge in [-0.15, -0.1) is 0 Å². The third-order valence-corrected chi connectivity index (χ3v) is 7.88. The van der Waals surface area contributed by atoms with E-state index in [-0.39, 0.29) is 6.04 Å². The number of benzene rings is 5. The highest BCUT2D eigenvalue weighted by molar-refractivity contribution is 6.15. The van der Waals surface area contributed by atoms with Gasteiger partial charge in [0.2, 0.25) is 0 Å². The van der Waals surface area contributed by atoms with E-state index in [9.17, 15) is 0 Å². The predicted octanol–water partition coefficient (Wildman–Crippen LogP) is 7.79. The zero-order chi connectivity index (χ0) is 26.9. The number of hydrazone groups is 1. The van der Waals surface area contributed by atoms with Gasteiger partial charge in [-0.2, -0.15) is 5.10 Å². The van der Waals surface area contributed by atoms with Gasteiger partial charge < -0.3 is 10.1 Å². The van der Waals surface area contributed by atoms with Crippen LogP contribution in [-0.4, -0.2) is 12.9 Å². The Morgan fingerprint density at radius 3 is 2.05 bits per heavy atom. The highest BCUT2D eigenvalue weighted by Gasteiger charge is 2.55. The van der Waals surface area contributed by atoms with Gasteiger partial charge in [-0.05, 0) is 42.0 Å². The first-order chi connectivity index (χ1) is 19.8. The van der Waals surface area contributed by atoms with Crippen LogP contribution in [0.15, 0.2) is 145 Å². The lowest BCUT2D eigenvalue weighted by Crippen LogP contribution is -2.54. The molecule has 2 aliphatic heterocycles. The van der Waals surface area contributed by atoms with E-state index in [1.54, 1.807) is 7.11 Å². The molecule has 0 amide bonds. The van der Waals surface area contributed by atoms with Gasteiger partial charge in [-0.1, -0.05) is 103 Å². The summed E-state index contributed by atoms with van der Waals surface area (Å²) in [4.78, 5) is 2.43. The Balaban J connectivity index is 1.55. The Labute approximate surface area is 235 Å². The average molecular weight is 523 g/mol. The number of fused-ring (bicyclic) bond motifs is 3. The van der Waals surface area contributed by atoms with Crippen LogP contribution in [0, 0.1) is 0 Å². The van der Waals surface area contributed by atoms with Crippen molar-refractivity contribution in [2.24, 2.45) is 5.10 Å². The molecule has 0 radical (unpaired) electrons. The third-order valence-electron chi connectivity index (χ3n) is 7.88. The molecule has 1 N–H and O–H groups in total. The van der Waals surface area contributed by atoms with Crippen LogP contribution in [0.4, 0.5) is 17.1 Å². The van der Waals surface area contributed by atoms with E-state index in [0.717, 1.165) is 46.2 Å². The van der Waals surface area contributed by atoms with E-state index in [1.807, 2.05) is 18.2 Å². The van der Waals surface area contributed by atoms with E-state index in [1.165, 1.54) is 5.56 Å². The molecule has 2 unspecified atom stereocenters. The molecule has 0 spiro atoms. The molecular weight excluding hydrogens is 492 g/mol. The minimum absolute atomic E-state index is 0.0194. The van der Waals surface area contributed by atoms with Crippen molar-refractivity contribution in [2.75, 3.05) is 22.3 Å². The number of methoxy groups -OCH3 is 1. The summed E-state index contributed by atoms with van der Waals surface area (Å²) in [5, 5.41) is 11.6. The molecule has 0 aliphatic carbocycles. The van der Waals surface area contributed by atoms with E-state index >= 15 is 0 Å². The van der Waals surface area contributed by atoms with Crippen molar-refractivity contribution >= 4 is 22.9 Å². The fourth-order valence-electron chi connectivity index (χ4n) is 6.03. The fourth-order valence-corrected chi connectivity index (χ4v) is 6.03. The van der Waals surface area contributed by atoms with E-state index in [4.69, 9.17) is 9.84 Å². The second kappa shape index (κ2) is 9.93. The summed E-state index contributed by atoms with van der Waals surface area (Å²) in [6.07, 6.45) is 0.729. The zero-order valence-electron chi connectivity index (χ0n) is 22.3. The van der Waals surface area contributed by atoms with Crippen LogP contribution >= 0.6 is 0 Å². The molecule has 7 rings (SSSR count). The van der Waals surface area contributed by atoms with Gasteiger partial charge >= 0.3 is 0 Å². The Hall–Kier alpha value is -5.03. The molecule has 0 fully saturated rings. The van der Waals surface area contributed by atoms with Crippen LogP contribution in [0.2, 0.25) is 0 Å². The molecule has 5 nitrogen and oxygen atoms in total. The van der Waals surface area contributed by atoms with Crippen molar-refractivity contribution in [1.29, 1.82) is 0 Å². The molecular formula is C35H30N4O. The summed E-state index contributed by atoms with van der Waals surface area (Å²) in [6, 6.07) is 48.7. The number of hydrogen-bond donors (Lipinski definition) is 1. The van der Waals surface area contributed by atoms with E-state index in [0.29, 0.717) is 0 Å². The minimum Gasteiger partial charge on any atom is -0.497 e. The van der Waals surface area contributed by atoms with Gasteiger partial charge in [-0.25, -0.2) is 5.01 Å². The predicted molar refractivity (Wildman–Crippen MR) is 163 cm³/mol.